The highest BCUT2D eigenvalue weighted by molar-refractivity contribution is 7.91. The second kappa shape index (κ2) is 5.16. The molecule has 1 aromatic carbocycles. The smallest absolute Gasteiger partial charge is 0.150 e. The molecule has 1 saturated heterocycles. The molecule has 2 rings (SSSR count). The van der Waals surface area contributed by atoms with E-state index in [-0.39, 0.29) is 35.8 Å². The van der Waals surface area contributed by atoms with Crippen molar-refractivity contribution in [3.05, 3.63) is 24.3 Å². The second-order valence-electron chi connectivity index (χ2n) is 4.63. The van der Waals surface area contributed by atoms with Crippen LogP contribution in [-0.4, -0.2) is 37.7 Å². The van der Waals surface area contributed by atoms with E-state index in [2.05, 4.69) is 0 Å². The molecule has 100 valence electrons. The summed E-state index contributed by atoms with van der Waals surface area (Å²) in [7, 11) is -2.90. The van der Waals surface area contributed by atoms with Crippen molar-refractivity contribution in [1.82, 2.24) is 0 Å². The van der Waals surface area contributed by atoms with E-state index in [4.69, 9.17) is 15.6 Å². The van der Waals surface area contributed by atoms with Crippen molar-refractivity contribution in [3.63, 3.8) is 0 Å². The largest absolute Gasteiger partial charge is 0.508 e. The number of ether oxygens (including phenoxy) is 1. The minimum absolute atomic E-state index is 0.0212. The molecule has 1 aliphatic heterocycles. The highest BCUT2D eigenvalue weighted by Crippen LogP contribution is 2.22. The lowest BCUT2D eigenvalue weighted by Crippen LogP contribution is -2.36. The zero-order valence-electron chi connectivity index (χ0n) is 9.95. The monoisotopic (exact) mass is 271 g/mol. The van der Waals surface area contributed by atoms with Gasteiger partial charge in [0, 0.05) is 6.04 Å². The zero-order valence-corrected chi connectivity index (χ0v) is 10.8. The molecule has 2 unspecified atom stereocenters. The highest BCUT2D eigenvalue weighted by Gasteiger charge is 2.32. The van der Waals surface area contributed by atoms with E-state index in [1.165, 1.54) is 12.1 Å². The van der Waals surface area contributed by atoms with Gasteiger partial charge in [-0.2, -0.15) is 0 Å². The van der Waals surface area contributed by atoms with Gasteiger partial charge in [-0.05, 0) is 36.6 Å². The van der Waals surface area contributed by atoms with Crippen molar-refractivity contribution in [3.8, 4) is 11.5 Å². The number of nitrogens with two attached hydrogens (primary N) is 1. The van der Waals surface area contributed by atoms with Crippen LogP contribution in [0.2, 0.25) is 0 Å². The van der Waals surface area contributed by atoms with Gasteiger partial charge in [-0.1, -0.05) is 0 Å². The highest BCUT2D eigenvalue weighted by atomic mass is 32.2. The number of sulfone groups is 1. The van der Waals surface area contributed by atoms with Crippen molar-refractivity contribution in [2.75, 3.05) is 18.1 Å². The number of hydrogen-bond acceptors (Lipinski definition) is 5. The Bertz CT molecular complexity index is 497. The lowest BCUT2D eigenvalue weighted by atomic mass is 10.0. The Morgan fingerprint density at radius 1 is 1.39 bits per heavy atom. The van der Waals surface area contributed by atoms with Crippen molar-refractivity contribution >= 4 is 9.84 Å². The first-order valence-electron chi connectivity index (χ1n) is 5.84. The quantitative estimate of drug-likeness (QED) is 0.834. The van der Waals surface area contributed by atoms with E-state index >= 15 is 0 Å². The first-order valence-corrected chi connectivity index (χ1v) is 7.66. The van der Waals surface area contributed by atoms with Crippen LogP contribution in [0.25, 0.3) is 0 Å². The van der Waals surface area contributed by atoms with Gasteiger partial charge in [0.05, 0.1) is 11.5 Å². The fraction of sp³-hybridized carbons (Fsp3) is 0.500. The van der Waals surface area contributed by atoms with Crippen LogP contribution in [-0.2, 0) is 9.84 Å². The van der Waals surface area contributed by atoms with Gasteiger partial charge in [0.2, 0.25) is 0 Å². The summed E-state index contributed by atoms with van der Waals surface area (Å²) in [6.07, 6.45) is 0.614. The molecule has 0 aromatic heterocycles. The van der Waals surface area contributed by atoms with E-state index in [0.29, 0.717) is 12.2 Å². The third-order valence-electron chi connectivity index (χ3n) is 3.15. The molecular weight excluding hydrogens is 254 g/mol. The molecule has 0 amide bonds. The number of rotatable bonds is 4. The Kier molecular flexibility index (Phi) is 3.77. The summed E-state index contributed by atoms with van der Waals surface area (Å²) in [4.78, 5) is 0. The molecular formula is C12H17NO4S. The predicted molar refractivity (Wildman–Crippen MR) is 68.3 cm³/mol. The first-order chi connectivity index (χ1) is 8.46. The SMILES string of the molecule is NC(COc1ccc(O)cc1)C1CCS(=O)(=O)C1. The van der Waals surface area contributed by atoms with Crippen molar-refractivity contribution in [2.45, 2.75) is 12.5 Å². The van der Waals surface area contributed by atoms with Gasteiger partial charge in [0.25, 0.3) is 0 Å². The van der Waals surface area contributed by atoms with E-state index in [1.54, 1.807) is 12.1 Å². The lowest BCUT2D eigenvalue weighted by Gasteiger charge is -2.18. The molecule has 6 heteroatoms. The van der Waals surface area contributed by atoms with Crippen LogP contribution >= 0.6 is 0 Å². The Hall–Kier alpha value is -1.27. The summed E-state index contributed by atoms with van der Waals surface area (Å²) in [6, 6.07) is 6.07. The minimum atomic E-state index is -2.90. The van der Waals surface area contributed by atoms with Gasteiger partial charge in [0.15, 0.2) is 9.84 Å². The normalized spacial score (nSPS) is 23.7. The van der Waals surface area contributed by atoms with E-state index in [0.717, 1.165) is 0 Å². The van der Waals surface area contributed by atoms with Gasteiger partial charge in [-0.25, -0.2) is 8.42 Å². The van der Waals surface area contributed by atoms with Gasteiger partial charge >= 0.3 is 0 Å². The molecule has 1 aromatic rings. The summed E-state index contributed by atoms with van der Waals surface area (Å²) >= 11 is 0. The number of benzene rings is 1. The van der Waals surface area contributed by atoms with Gasteiger partial charge in [-0.15, -0.1) is 0 Å². The van der Waals surface area contributed by atoms with Crippen LogP contribution < -0.4 is 10.5 Å². The van der Waals surface area contributed by atoms with Crippen molar-refractivity contribution in [2.24, 2.45) is 11.7 Å². The van der Waals surface area contributed by atoms with Crippen LogP contribution in [0.3, 0.4) is 0 Å². The van der Waals surface area contributed by atoms with Crippen LogP contribution in [0.5, 0.6) is 11.5 Å². The molecule has 3 N–H and O–H groups in total. The van der Waals surface area contributed by atoms with Gasteiger partial charge in [-0.3, -0.25) is 0 Å². The number of phenolic OH excluding ortho intramolecular Hbond substituents is 1. The standard InChI is InChI=1S/C12H17NO4S/c13-12(9-5-6-18(15,16)8-9)7-17-11-3-1-10(14)2-4-11/h1-4,9,12,14H,5-8,13H2. The Labute approximate surface area is 106 Å². The fourth-order valence-corrected chi connectivity index (χ4v) is 3.93. The third-order valence-corrected chi connectivity index (χ3v) is 4.95. The number of hydrogen-bond donors (Lipinski definition) is 2. The summed E-state index contributed by atoms with van der Waals surface area (Å²) in [5, 5.41) is 9.12. The van der Waals surface area contributed by atoms with E-state index < -0.39 is 9.84 Å². The van der Waals surface area contributed by atoms with Crippen LogP contribution in [0.15, 0.2) is 24.3 Å². The summed E-state index contributed by atoms with van der Waals surface area (Å²) < 4.78 is 28.1. The second-order valence-corrected chi connectivity index (χ2v) is 6.86. The van der Waals surface area contributed by atoms with Crippen LogP contribution in [0.4, 0.5) is 0 Å². The molecule has 0 aliphatic carbocycles. The van der Waals surface area contributed by atoms with Crippen LogP contribution in [0, 0.1) is 5.92 Å². The molecule has 18 heavy (non-hydrogen) atoms. The van der Waals surface area contributed by atoms with Crippen molar-refractivity contribution in [1.29, 1.82) is 0 Å². The zero-order chi connectivity index (χ0) is 13.2. The van der Waals surface area contributed by atoms with Crippen LogP contribution in [0.1, 0.15) is 6.42 Å². The molecule has 1 aliphatic rings. The predicted octanol–water partition coefficient (Wildman–Crippen LogP) is 0.533. The fourth-order valence-electron chi connectivity index (χ4n) is 2.03. The Morgan fingerprint density at radius 3 is 2.61 bits per heavy atom. The summed E-state index contributed by atoms with van der Waals surface area (Å²) in [5.41, 5.74) is 5.94. The summed E-state index contributed by atoms with van der Waals surface area (Å²) in [5.74, 6) is 1.15. The average Bonchev–Trinajstić information content (AvgIpc) is 2.69. The molecule has 0 bridgehead atoms. The topological polar surface area (TPSA) is 89.6 Å². The summed E-state index contributed by atoms with van der Waals surface area (Å²) in [6.45, 7) is 0.283. The van der Waals surface area contributed by atoms with Gasteiger partial charge in [0.1, 0.15) is 18.1 Å². The maximum Gasteiger partial charge on any atom is 0.150 e. The molecule has 0 radical (unpaired) electrons. The maximum atomic E-state index is 11.3. The third kappa shape index (κ3) is 3.36. The lowest BCUT2D eigenvalue weighted by molar-refractivity contribution is 0.254. The van der Waals surface area contributed by atoms with Crippen molar-refractivity contribution < 1.29 is 18.3 Å². The molecule has 5 nitrogen and oxygen atoms in total. The number of aromatic hydroxyl groups is 1. The van der Waals surface area contributed by atoms with Gasteiger partial charge < -0.3 is 15.6 Å². The molecule has 0 spiro atoms. The molecule has 1 fully saturated rings. The minimum Gasteiger partial charge on any atom is -0.508 e. The molecule has 2 atom stereocenters. The van der Waals surface area contributed by atoms with E-state index in [9.17, 15) is 8.42 Å². The first kappa shape index (κ1) is 13.2. The number of phenols is 1. The average molecular weight is 271 g/mol. The Morgan fingerprint density at radius 2 is 2.06 bits per heavy atom. The molecule has 1 heterocycles. The maximum absolute atomic E-state index is 11.3. The Balaban J connectivity index is 1.85. The van der Waals surface area contributed by atoms with E-state index in [1.807, 2.05) is 0 Å². The molecule has 0 saturated carbocycles.